The third kappa shape index (κ3) is 3.19. The fourth-order valence-corrected chi connectivity index (χ4v) is 2.61. The maximum Gasteiger partial charge on any atom is 0.534 e. The SMILES string of the molecule is [C-]#[N+]C([N+]#[C-])c1nc(-c2ccccc2)c(/N=N/c2cc(C)ns2)[nH]1. The molecule has 2 heterocycles. The van der Waals surface area contributed by atoms with E-state index in [2.05, 4.69) is 34.3 Å². The molecule has 0 radical (unpaired) electrons. The summed E-state index contributed by atoms with van der Waals surface area (Å²) in [5, 5.41) is 9.05. The van der Waals surface area contributed by atoms with E-state index in [1.807, 2.05) is 43.3 Å². The van der Waals surface area contributed by atoms with Crippen molar-refractivity contribution >= 4 is 22.4 Å². The zero-order chi connectivity index (χ0) is 16.9. The van der Waals surface area contributed by atoms with Gasteiger partial charge in [0.1, 0.15) is 5.69 Å². The molecule has 0 saturated carbocycles. The number of hydrogen-bond acceptors (Lipinski definition) is 5. The fourth-order valence-electron chi connectivity index (χ4n) is 2.02. The zero-order valence-electron chi connectivity index (χ0n) is 12.6. The van der Waals surface area contributed by atoms with Crippen LogP contribution in [-0.2, 0) is 0 Å². The standard InChI is InChI=1S/C16H11N7S/c1-10-9-12(24-23-10)21-22-14-13(11-7-5-4-6-8-11)19-16(20-14)15(17-2)18-3/h4-9,15H,1H3,(H,19,20)/b22-21+. The molecule has 3 rings (SSSR count). The molecule has 0 atom stereocenters. The molecule has 0 spiro atoms. The molecule has 1 aromatic carbocycles. The highest BCUT2D eigenvalue weighted by Crippen LogP contribution is 2.32. The van der Waals surface area contributed by atoms with Crippen molar-refractivity contribution < 1.29 is 0 Å². The van der Waals surface area contributed by atoms with Gasteiger partial charge in [0.2, 0.25) is 0 Å². The summed E-state index contributed by atoms with van der Waals surface area (Å²) in [7, 11) is 0. The Balaban J connectivity index is 2.04. The smallest absolute Gasteiger partial charge is 0.311 e. The molecule has 0 bridgehead atoms. The molecule has 2 aromatic heterocycles. The monoisotopic (exact) mass is 333 g/mol. The Morgan fingerprint density at radius 2 is 1.92 bits per heavy atom. The van der Waals surface area contributed by atoms with Gasteiger partial charge >= 0.3 is 6.17 Å². The van der Waals surface area contributed by atoms with Crippen molar-refractivity contribution in [1.82, 2.24) is 14.3 Å². The number of rotatable bonds is 4. The van der Waals surface area contributed by atoms with E-state index in [0.29, 0.717) is 16.5 Å². The van der Waals surface area contributed by atoms with Gasteiger partial charge in [0.25, 0.3) is 5.82 Å². The second-order valence-electron chi connectivity index (χ2n) is 4.82. The number of aromatic nitrogens is 3. The van der Waals surface area contributed by atoms with Crippen molar-refractivity contribution in [2.45, 2.75) is 13.1 Å². The maximum atomic E-state index is 7.11. The van der Waals surface area contributed by atoms with E-state index in [0.717, 1.165) is 11.3 Å². The van der Waals surface area contributed by atoms with Crippen molar-refractivity contribution in [1.29, 1.82) is 0 Å². The second kappa shape index (κ2) is 6.82. The Morgan fingerprint density at radius 1 is 1.17 bits per heavy atom. The molecular formula is C16H11N7S. The first-order valence-electron chi connectivity index (χ1n) is 6.95. The van der Waals surface area contributed by atoms with Crippen LogP contribution < -0.4 is 0 Å². The van der Waals surface area contributed by atoms with E-state index >= 15 is 0 Å². The summed E-state index contributed by atoms with van der Waals surface area (Å²) in [6, 6.07) is 11.3. The van der Waals surface area contributed by atoms with Gasteiger partial charge in [-0.1, -0.05) is 30.3 Å². The van der Waals surface area contributed by atoms with Gasteiger partial charge in [0, 0.05) is 5.56 Å². The van der Waals surface area contributed by atoms with Crippen LogP contribution in [0.25, 0.3) is 20.9 Å². The Labute approximate surface area is 142 Å². The lowest BCUT2D eigenvalue weighted by atomic mass is 10.1. The minimum atomic E-state index is -1.01. The third-order valence-electron chi connectivity index (χ3n) is 3.10. The van der Waals surface area contributed by atoms with E-state index < -0.39 is 6.17 Å². The molecule has 0 fully saturated rings. The van der Waals surface area contributed by atoms with E-state index in [1.165, 1.54) is 11.5 Å². The summed E-state index contributed by atoms with van der Waals surface area (Å²) in [6.07, 6.45) is -1.01. The highest BCUT2D eigenvalue weighted by molar-refractivity contribution is 7.09. The molecule has 116 valence electrons. The lowest BCUT2D eigenvalue weighted by Gasteiger charge is -1.96. The Kier molecular flexibility index (Phi) is 4.41. The summed E-state index contributed by atoms with van der Waals surface area (Å²) in [5.74, 6) is 0.688. The number of imidazole rings is 1. The number of nitrogens with zero attached hydrogens (tertiary/aromatic N) is 6. The summed E-state index contributed by atoms with van der Waals surface area (Å²) in [4.78, 5) is 13.9. The van der Waals surface area contributed by atoms with Crippen molar-refractivity contribution in [2.75, 3.05) is 0 Å². The van der Waals surface area contributed by atoms with Gasteiger partial charge in [0.15, 0.2) is 10.8 Å². The number of benzene rings is 1. The van der Waals surface area contributed by atoms with Gasteiger partial charge in [-0.15, -0.1) is 10.2 Å². The van der Waals surface area contributed by atoms with Crippen LogP contribution >= 0.6 is 11.5 Å². The first-order chi connectivity index (χ1) is 11.7. The molecule has 0 aliphatic carbocycles. The van der Waals surface area contributed by atoms with Crippen LogP contribution in [0.1, 0.15) is 17.7 Å². The van der Waals surface area contributed by atoms with Crippen LogP contribution in [0.5, 0.6) is 0 Å². The maximum absolute atomic E-state index is 7.11. The van der Waals surface area contributed by atoms with E-state index in [9.17, 15) is 0 Å². The topological polar surface area (TPSA) is 75.0 Å². The number of aryl methyl sites for hydroxylation is 1. The van der Waals surface area contributed by atoms with Gasteiger partial charge in [-0.25, -0.2) is 27.8 Å². The Bertz CT molecular complexity index is 942. The summed E-state index contributed by atoms with van der Waals surface area (Å²) >= 11 is 1.25. The predicted octanol–water partition coefficient (Wildman–Crippen LogP) is 5.09. The molecule has 0 unspecified atom stereocenters. The highest BCUT2D eigenvalue weighted by atomic mass is 32.1. The van der Waals surface area contributed by atoms with Gasteiger partial charge in [-0.2, -0.15) is 4.37 Å². The van der Waals surface area contributed by atoms with Gasteiger partial charge in [0.05, 0.1) is 5.69 Å². The van der Waals surface area contributed by atoms with Gasteiger partial charge in [-0.05, 0) is 24.5 Å². The average molecular weight is 333 g/mol. The molecule has 24 heavy (non-hydrogen) atoms. The quantitative estimate of drug-likeness (QED) is 0.533. The first-order valence-corrected chi connectivity index (χ1v) is 7.72. The number of H-pyrrole nitrogens is 1. The third-order valence-corrected chi connectivity index (χ3v) is 3.87. The Morgan fingerprint density at radius 3 is 2.54 bits per heavy atom. The minimum absolute atomic E-state index is 0.272. The normalized spacial score (nSPS) is 10.8. The molecule has 7 nitrogen and oxygen atoms in total. The van der Waals surface area contributed by atoms with Crippen LogP contribution in [0.4, 0.5) is 10.8 Å². The molecule has 0 aliphatic heterocycles. The van der Waals surface area contributed by atoms with Crippen LogP contribution in [-0.4, -0.2) is 14.3 Å². The van der Waals surface area contributed by atoms with Crippen LogP contribution in [0, 0.1) is 20.1 Å². The number of hydrogen-bond donors (Lipinski definition) is 1. The lowest BCUT2D eigenvalue weighted by molar-refractivity contribution is 0.938. The fraction of sp³-hybridized carbons (Fsp3) is 0.125. The Hall–Kier alpha value is -3.36. The molecule has 3 aromatic rings. The summed E-state index contributed by atoms with van der Waals surface area (Å²) in [6.45, 7) is 16.1. The largest absolute Gasteiger partial charge is 0.534 e. The highest BCUT2D eigenvalue weighted by Gasteiger charge is 2.27. The first kappa shape index (κ1) is 15.5. The van der Waals surface area contributed by atoms with Gasteiger partial charge < -0.3 is 4.98 Å². The van der Waals surface area contributed by atoms with E-state index in [-0.39, 0.29) is 5.82 Å². The van der Waals surface area contributed by atoms with Crippen molar-refractivity contribution in [3.8, 4) is 11.3 Å². The van der Waals surface area contributed by atoms with Crippen molar-refractivity contribution in [2.24, 2.45) is 10.2 Å². The summed E-state index contributed by atoms with van der Waals surface area (Å²) < 4.78 is 4.15. The van der Waals surface area contributed by atoms with Crippen LogP contribution in [0.15, 0.2) is 46.6 Å². The molecule has 0 saturated heterocycles. The van der Waals surface area contributed by atoms with Crippen molar-refractivity contribution in [3.05, 3.63) is 70.8 Å². The number of nitrogens with one attached hydrogen (secondary N) is 1. The molecule has 8 heteroatoms. The van der Waals surface area contributed by atoms with Crippen LogP contribution in [0.2, 0.25) is 0 Å². The van der Waals surface area contributed by atoms with E-state index in [4.69, 9.17) is 13.1 Å². The summed E-state index contributed by atoms with van der Waals surface area (Å²) in [5.41, 5.74) is 2.28. The molecular weight excluding hydrogens is 322 g/mol. The zero-order valence-corrected chi connectivity index (χ0v) is 13.4. The van der Waals surface area contributed by atoms with Crippen LogP contribution in [0.3, 0.4) is 0 Å². The van der Waals surface area contributed by atoms with E-state index in [1.54, 1.807) is 0 Å². The molecule has 1 N–H and O–H groups in total. The second-order valence-corrected chi connectivity index (χ2v) is 5.61. The molecule has 0 aliphatic rings. The lowest BCUT2D eigenvalue weighted by Crippen LogP contribution is -1.89. The average Bonchev–Trinajstić information content (AvgIpc) is 3.21. The predicted molar refractivity (Wildman–Crippen MR) is 91.0 cm³/mol. The van der Waals surface area contributed by atoms with Crippen molar-refractivity contribution in [3.63, 3.8) is 0 Å². The molecule has 0 amide bonds. The number of azo groups is 1. The van der Waals surface area contributed by atoms with Gasteiger partial charge in [-0.3, -0.25) is 0 Å². The number of aromatic amines is 1. The minimum Gasteiger partial charge on any atom is -0.311 e.